The molecule has 2 nitrogen and oxygen atoms in total. The Balaban J connectivity index is 0.00000256. The van der Waals surface area contributed by atoms with Crippen molar-refractivity contribution in [3.8, 4) is 0 Å². The van der Waals surface area contributed by atoms with Crippen LogP contribution in [0, 0.1) is 0 Å². The number of nitrogens with two attached hydrogens (primary N) is 1. The molecule has 0 aliphatic rings. The van der Waals surface area contributed by atoms with Crippen LogP contribution in [0.1, 0.15) is 23.6 Å². The Morgan fingerprint density at radius 1 is 1.35 bits per heavy atom. The molecule has 0 radical (unpaired) electrons. The van der Waals surface area contributed by atoms with Crippen molar-refractivity contribution in [2.45, 2.75) is 18.6 Å². The maximum absolute atomic E-state index is 12.4. The average Bonchev–Trinajstić information content (AvgIpc) is 2.16. The van der Waals surface area contributed by atoms with E-state index in [0.717, 1.165) is 6.07 Å². The predicted molar refractivity (Wildman–Crippen MR) is 62.3 cm³/mol. The normalized spacial score (nSPS) is 13.1. The fraction of sp³-hybridized carbons (Fsp3) is 0.400. The van der Waals surface area contributed by atoms with E-state index in [9.17, 15) is 13.2 Å². The van der Waals surface area contributed by atoms with Gasteiger partial charge in [0.25, 0.3) is 0 Å². The van der Waals surface area contributed by atoms with Gasteiger partial charge in [0.1, 0.15) is 0 Å². The van der Waals surface area contributed by atoms with Gasteiger partial charge >= 0.3 is 6.18 Å². The number of alkyl halides is 3. The van der Waals surface area contributed by atoms with Crippen LogP contribution in [0.25, 0.3) is 0 Å². The van der Waals surface area contributed by atoms with Crippen molar-refractivity contribution in [1.82, 2.24) is 0 Å². The van der Waals surface area contributed by atoms with E-state index in [0.29, 0.717) is 5.56 Å². The van der Waals surface area contributed by atoms with E-state index >= 15 is 0 Å². The summed E-state index contributed by atoms with van der Waals surface area (Å²) in [6.45, 7) is -0.125. The number of aliphatic hydroxyl groups excluding tert-OH is 1. The molecule has 0 heterocycles. The van der Waals surface area contributed by atoms with Crippen LogP contribution >= 0.6 is 24.0 Å². The molecule has 0 spiro atoms. The topological polar surface area (TPSA) is 46.2 Å². The Morgan fingerprint density at radius 2 is 1.94 bits per heavy atom. The Labute approximate surface area is 108 Å². The molecule has 98 valence electrons. The first-order valence-corrected chi connectivity index (χ1v) is 4.97. The van der Waals surface area contributed by atoms with Crippen LogP contribution in [-0.4, -0.2) is 11.7 Å². The Bertz CT molecular complexity index is 371. The van der Waals surface area contributed by atoms with Gasteiger partial charge in [-0.15, -0.1) is 12.4 Å². The van der Waals surface area contributed by atoms with Crippen molar-refractivity contribution in [2.75, 3.05) is 6.61 Å². The summed E-state index contributed by atoms with van der Waals surface area (Å²) in [4.78, 5) is 0. The van der Waals surface area contributed by atoms with E-state index in [1.54, 1.807) is 0 Å². The van der Waals surface area contributed by atoms with Crippen molar-refractivity contribution in [1.29, 1.82) is 0 Å². The molecule has 0 saturated heterocycles. The molecular formula is C10H12Cl2F3NO. The van der Waals surface area contributed by atoms with Crippen LogP contribution in [0.3, 0.4) is 0 Å². The monoisotopic (exact) mass is 289 g/mol. The molecule has 0 bridgehead atoms. The first kappa shape index (κ1) is 16.5. The highest BCUT2D eigenvalue weighted by molar-refractivity contribution is 6.31. The molecule has 7 heteroatoms. The Morgan fingerprint density at radius 3 is 2.35 bits per heavy atom. The smallest absolute Gasteiger partial charge is 0.396 e. The zero-order chi connectivity index (χ0) is 12.3. The van der Waals surface area contributed by atoms with Crippen molar-refractivity contribution in [3.05, 3.63) is 34.3 Å². The van der Waals surface area contributed by atoms with Gasteiger partial charge in [-0.2, -0.15) is 13.2 Å². The third kappa shape index (κ3) is 4.35. The lowest BCUT2D eigenvalue weighted by atomic mass is 10.0. The molecule has 1 aromatic carbocycles. The van der Waals surface area contributed by atoms with Gasteiger partial charge in [-0.1, -0.05) is 17.7 Å². The van der Waals surface area contributed by atoms with Gasteiger partial charge in [-0.3, -0.25) is 0 Å². The molecule has 0 aromatic heterocycles. The molecule has 3 N–H and O–H groups in total. The van der Waals surface area contributed by atoms with Crippen LogP contribution in [0.5, 0.6) is 0 Å². The quantitative estimate of drug-likeness (QED) is 0.898. The number of hydrogen-bond acceptors (Lipinski definition) is 2. The van der Waals surface area contributed by atoms with E-state index in [1.165, 1.54) is 12.1 Å². The predicted octanol–water partition coefficient (Wildman–Crippen LogP) is 3.16. The van der Waals surface area contributed by atoms with Gasteiger partial charge in [-0.05, 0) is 24.1 Å². The summed E-state index contributed by atoms with van der Waals surface area (Å²) >= 11 is 5.52. The minimum absolute atomic E-state index is 0. The number of hydrogen-bond donors (Lipinski definition) is 2. The highest BCUT2D eigenvalue weighted by atomic mass is 35.5. The molecule has 0 aliphatic heterocycles. The molecule has 0 saturated carbocycles. The van der Waals surface area contributed by atoms with Crippen molar-refractivity contribution >= 4 is 24.0 Å². The van der Waals surface area contributed by atoms with Crippen LogP contribution in [0.2, 0.25) is 5.02 Å². The zero-order valence-electron chi connectivity index (χ0n) is 8.67. The molecule has 0 amide bonds. The Kier molecular flexibility index (Phi) is 6.26. The second-order valence-electron chi connectivity index (χ2n) is 3.36. The third-order valence-electron chi connectivity index (χ3n) is 2.17. The van der Waals surface area contributed by atoms with E-state index in [1.807, 2.05) is 0 Å². The van der Waals surface area contributed by atoms with Crippen LogP contribution in [0.4, 0.5) is 13.2 Å². The summed E-state index contributed by atoms with van der Waals surface area (Å²) in [5.74, 6) is 0. The highest BCUT2D eigenvalue weighted by Crippen LogP contribution is 2.35. The fourth-order valence-electron chi connectivity index (χ4n) is 1.30. The van der Waals surface area contributed by atoms with Crippen molar-refractivity contribution in [3.63, 3.8) is 0 Å². The second kappa shape index (κ2) is 6.44. The van der Waals surface area contributed by atoms with E-state index in [4.69, 9.17) is 22.4 Å². The third-order valence-corrected chi connectivity index (χ3v) is 2.48. The van der Waals surface area contributed by atoms with E-state index < -0.39 is 17.8 Å². The number of rotatable bonds is 3. The number of aliphatic hydroxyl groups is 1. The lowest BCUT2D eigenvalue weighted by molar-refractivity contribution is -0.137. The number of halogens is 5. The zero-order valence-corrected chi connectivity index (χ0v) is 10.2. The first-order valence-electron chi connectivity index (χ1n) is 4.59. The SMILES string of the molecule is Cl.N[C@@H](CCO)c1ccc(C(F)(F)F)c(Cl)c1. The summed E-state index contributed by atoms with van der Waals surface area (Å²) in [5.41, 5.74) is 5.23. The largest absolute Gasteiger partial charge is 0.417 e. The molecule has 1 rings (SSSR count). The van der Waals surface area contributed by atoms with Crippen LogP contribution in [-0.2, 0) is 6.18 Å². The highest BCUT2D eigenvalue weighted by Gasteiger charge is 2.33. The maximum atomic E-state index is 12.4. The fourth-order valence-corrected chi connectivity index (χ4v) is 1.59. The summed E-state index contributed by atoms with van der Waals surface area (Å²) in [5, 5.41) is 8.28. The molecule has 0 aliphatic carbocycles. The van der Waals surface area contributed by atoms with E-state index in [2.05, 4.69) is 0 Å². The summed E-state index contributed by atoms with van der Waals surface area (Å²) in [6.07, 6.45) is -4.18. The van der Waals surface area contributed by atoms with Gasteiger partial charge < -0.3 is 10.8 Å². The van der Waals surface area contributed by atoms with Crippen LogP contribution < -0.4 is 5.73 Å². The van der Waals surface area contributed by atoms with Gasteiger partial charge in [0.15, 0.2) is 0 Å². The first-order chi connectivity index (χ1) is 7.36. The lowest BCUT2D eigenvalue weighted by Gasteiger charge is -2.14. The van der Waals surface area contributed by atoms with Crippen molar-refractivity contribution < 1.29 is 18.3 Å². The number of benzene rings is 1. The molecule has 1 aromatic rings. The molecule has 17 heavy (non-hydrogen) atoms. The Hall–Kier alpha value is -0.490. The lowest BCUT2D eigenvalue weighted by Crippen LogP contribution is -2.13. The van der Waals surface area contributed by atoms with Gasteiger partial charge in [0.2, 0.25) is 0 Å². The summed E-state index contributed by atoms with van der Waals surface area (Å²) < 4.78 is 37.1. The molecular weight excluding hydrogens is 278 g/mol. The second-order valence-corrected chi connectivity index (χ2v) is 3.76. The standard InChI is InChI=1S/C10H11ClF3NO.ClH/c11-8-5-6(9(15)3-4-16)1-2-7(8)10(12,13)14;/h1-2,5,9,16H,3-4,15H2;1H/t9-;/m0./s1. The van der Waals surface area contributed by atoms with Gasteiger partial charge in [-0.25, -0.2) is 0 Å². The summed E-state index contributed by atoms with van der Waals surface area (Å²) in [7, 11) is 0. The summed E-state index contributed by atoms with van der Waals surface area (Å²) in [6, 6.07) is 2.85. The maximum Gasteiger partial charge on any atom is 0.417 e. The molecule has 0 unspecified atom stereocenters. The van der Waals surface area contributed by atoms with Gasteiger partial charge in [0.05, 0.1) is 10.6 Å². The average molecular weight is 290 g/mol. The minimum Gasteiger partial charge on any atom is -0.396 e. The van der Waals surface area contributed by atoms with Gasteiger partial charge in [0, 0.05) is 12.6 Å². The van der Waals surface area contributed by atoms with Crippen LogP contribution in [0.15, 0.2) is 18.2 Å². The molecule has 0 fully saturated rings. The van der Waals surface area contributed by atoms with E-state index in [-0.39, 0.29) is 30.5 Å². The minimum atomic E-state index is -4.46. The molecule has 1 atom stereocenters. The van der Waals surface area contributed by atoms with Crippen molar-refractivity contribution in [2.24, 2.45) is 5.73 Å².